The van der Waals surface area contributed by atoms with Crippen molar-refractivity contribution in [3.8, 4) is 39.5 Å². The number of anilines is 1. The highest BCUT2D eigenvalue weighted by Gasteiger charge is 2.26. The van der Waals surface area contributed by atoms with E-state index in [0.717, 1.165) is 124 Å². The van der Waals surface area contributed by atoms with Crippen LogP contribution in [-0.4, -0.2) is 50.6 Å². The highest BCUT2D eigenvalue weighted by Crippen LogP contribution is 2.38. The number of rotatable bonds is 19. The van der Waals surface area contributed by atoms with Crippen LogP contribution in [0.25, 0.3) is 22.3 Å². The Balaban J connectivity index is 1.21. The van der Waals surface area contributed by atoms with Gasteiger partial charge in [0.15, 0.2) is 17.3 Å². The number of methoxy groups -OCH3 is 2. The third-order valence-corrected chi connectivity index (χ3v) is 11.6. The second-order valence-electron chi connectivity index (χ2n) is 16.0. The summed E-state index contributed by atoms with van der Waals surface area (Å²) in [4.78, 5) is 17.7. The molecule has 1 heterocycles. The molecule has 0 spiro atoms. The molecular weight excluding hydrogens is 717 g/mol. The van der Waals surface area contributed by atoms with E-state index in [1.807, 2.05) is 0 Å². The number of carbonyl (C=O) groups is 1. The molecule has 58 heavy (non-hydrogen) atoms. The summed E-state index contributed by atoms with van der Waals surface area (Å²) >= 11 is 0. The first-order valence-corrected chi connectivity index (χ1v) is 21.5. The molecular formula is C52H64N2O4. The zero-order chi connectivity index (χ0) is 41.0. The minimum atomic E-state index is 0.153. The molecule has 0 saturated carbocycles. The van der Waals surface area contributed by atoms with Crippen LogP contribution in [0.15, 0.2) is 97.1 Å². The number of unbranched alkanes of at least 4 members (excludes halogenated alkanes) is 1. The van der Waals surface area contributed by atoms with Crippen LogP contribution in [0.2, 0.25) is 0 Å². The Hall–Kier alpha value is -5.07. The second kappa shape index (κ2) is 20.6. The lowest BCUT2D eigenvalue weighted by molar-refractivity contribution is 0.101. The van der Waals surface area contributed by atoms with Crippen molar-refractivity contribution >= 4 is 11.5 Å². The standard InChI is InChI=1S/C52H64N2O4/c1-8-11-28-58-49-22-20-47(21-23-49)54(36-40-17-13-19-42(31-40)46-33-44(15-10-3)52(57-7)50(34-46)56-6)48-24-26-53(27-25-48)35-39-16-12-18-41(30-39)45-29-37(4)51(38(5)55)43(32-45)14-9-2/h12-13,16-23,29-34,48H,8-11,14-15,24-28,35-36H2,1-7H3. The number of hydrogen-bond donors (Lipinski definition) is 0. The van der Waals surface area contributed by atoms with Gasteiger partial charge in [0.25, 0.3) is 0 Å². The summed E-state index contributed by atoms with van der Waals surface area (Å²) in [5.41, 5.74) is 12.9. The van der Waals surface area contributed by atoms with Crippen molar-refractivity contribution in [1.29, 1.82) is 0 Å². The summed E-state index contributed by atoms with van der Waals surface area (Å²) in [6.07, 6.45) is 8.22. The van der Waals surface area contributed by atoms with Crippen molar-refractivity contribution < 1.29 is 19.0 Å². The molecule has 0 aliphatic carbocycles. The maximum Gasteiger partial charge on any atom is 0.163 e. The molecule has 306 valence electrons. The van der Waals surface area contributed by atoms with Crippen LogP contribution in [0.3, 0.4) is 0 Å². The number of ketones is 1. The first-order chi connectivity index (χ1) is 28.2. The van der Waals surface area contributed by atoms with E-state index in [9.17, 15) is 4.79 Å². The molecule has 0 atom stereocenters. The lowest BCUT2D eigenvalue weighted by Crippen LogP contribution is -2.44. The smallest absolute Gasteiger partial charge is 0.163 e. The summed E-state index contributed by atoms with van der Waals surface area (Å²) in [6.45, 7) is 14.9. The van der Waals surface area contributed by atoms with Gasteiger partial charge in [0.2, 0.25) is 0 Å². The fraction of sp³-hybridized carbons (Fsp3) is 0.404. The molecule has 0 bridgehead atoms. The Morgan fingerprint density at radius 3 is 2.00 bits per heavy atom. The zero-order valence-electron chi connectivity index (χ0n) is 36.0. The van der Waals surface area contributed by atoms with Gasteiger partial charge in [-0.1, -0.05) is 88.6 Å². The molecule has 5 aromatic rings. The molecule has 1 aliphatic rings. The Morgan fingerprint density at radius 2 is 1.36 bits per heavy atom. The van der Waals surface area contributed by atoms with Crippen LogP contribution in [0, 0.1) is 6.92 Å². The largest absolute Gasteiger partial charge is 0.494 e. The molecule has 6 nitrogen and oxygen atoms in total. The van der Waals surface area contributed by atoms with Gasteiger partial charge in [-0.15, -0.1) is 0 Å². The van der Waals surface area contributed by atoms with Gasteiger partial charge in [-0.05, 0) is 145 Å². The van der Waals surface area contributed by atoms with Crippen molar-refractivity contribution in [3.63, 3.8) is 0 Å². The number of Topliss-reactive ketones (excluding diaryl/α,β-unsaturated/α-hetero) is 1. The molecule has 6 rings (SSSR count). The van der Waals surface area contributed by atoms with Crippen molar-refractivity contribution in [3.05, 3.63) is 130 Å². The van der Waals surface area contributed by atoms with Gasteiger partial charge in [0, 0.05) is 43.5 Å². The van der Waals surface area contributed by atoms with E-state index in [-0.39, 0.29) is 5.78 Å². The highest BCUT2D eigenvalue weighted by molar-refractivity contribution is 5.97. The van der Waals surface area contributed by atoms with E-state index >= 15 is 0 Å². The van der Waals surface area contributed by atoms with Gasteiger partial charge in [0.1, 0.15) is 5.75 Å². The predicted molar refractivity (Wildman–Crippen MR) is 241 cm³/mol. The first kappa shape index (κ1) is 42.5. The molecule has 5 aromatic carbocycles. The minimum absolute atomic E-state index is 0.153. The van der Waals surface area contributed by atoms with E-state index in [0.29, 0.717) is 6.04 Å². The second-order valence-corrected chi connectivity index (χ2v) is 16.0. The van der Waals surface area contributed by atoms with Crippen LogP contribution in [0.4, 0.5) is 5.69 Å². The third-order valence-electron chi connectivity index (χ3n) is 11.6. The van der Waals surface area contributed by atoms with E-state index < -0.39 is 0 Å². The number of ether oxygens (including phenoxy) is 3. The number of piperidine rings is 1. The molecule has 6 heteroatoms. The summed E-state index contributed by atoms with van der Waals surface area (Å²) < 4.78 is 17.6. The van der Waals surface area contributed by atoms with Gasteiger partial charge >= 0.3 is 0 Å². The maximum absolute atomic E-state index is 12.5. The molecule has 0 radical (unpaired) electrons. The Kier molecular flexibility index (Phi) is 15.1. The van der Waals surface area contributed by atoms with E-state index in [2.05, 4.69) is 135 Å². The minimum Gasteiger partial charge on any atom is -0.494 e. The van der Waals surface area contributed by atoms with Crippen LogP contribution in [0.5, 0.6) is 17.2 Å². The number of benzene rings is 5. The molecule has 0 unspecified atom stereocenters. The van der Waals surface area contributed by atoms with Crippen molar-refractivity contribution in [2.75, 3.05) is 38.8 Å². The number of carbonyl (C=O) groups excluding carboxylic acids is 1. The van der Waals surface area contributed by atoms with Crippen molar-refractivity contribution in [2.24, 2.45) is 0 Å². The number of hydrogen-bond acceptors (Lipinski definition) is 6. The fourth-order valence-electron chi connectivity index (χ4n) is 8.70. The number of aryl methyl sites for hydroxylation is 3. The topological polar surface area (TPSA) is 51.2 Å². The summed E-state index contributed by atoms with van der Waals surface area (Å²) in [6, 6.07) is 35.9. The first-order valence-electron chi connectivity index (χ1n) is 21.5. The van der Waals surface area contributed by atoms with E-state index in [1.165, 1.54) is 39.1 Å². The highest BCUT2D eigenvalue weighted by atomic mass is 16.5. The van der Waals surface area contributed by atoms with Crippen LogP contribution in [0.1, 0.15) is 104 Å². The monoisotopic (exact) mass is 780 g/mol. The molecule has 0 aromatic heterocycles. The maximum atomic E-state index is 12.5. The summed E-state index contributed by atoms with van der Waals surface area (Å²) in [5, 5.41) is 0. The molecule has 0 N–H and O–H groups in total. The zero-order valence-corrected chi connectivity index (χ0v) is 36.0. The molecule has 0 amide bonds. The molecule has 1 fully saturated rings. The number of nitrogens with zero attached hydrogens (tertiary/aromatic N) is 2. The lowest BCUT2D eigenvalue weighted by atomic mass is 9.90. The summed E-state index contributed by atoms with van der Waals surface area (Å²) in [5.74, 6) is 2.68. The van der Waals surface area contributed by atoms with Gasteiger partial charge in [-0.2, -0.15) is 0 Å². The predicted octanol–water partition coefficient (Wildman–Crippen LogP) is 12.3. The third kappa shape index (κ3) is 10.5. The lowest BCUT2D eigenvalue weighted by Gasteiger charge is -2.40. The fourth-order valence-corrected chi connectivity index (χ4v) is 8.70. The van der Waals surface area contributed by atoms with Gasteiger partial charge in [-0.3, -0.25) is 9.69 Å². The normalized spacial score (nSPS) is 13.4. The SMILES string of the molecule is CCCCOc1ccc(N(Cc2cccc(-c3cc(CCC)c(OC)c(OC)c3)c2)C2CCN(Cc3cccc(-c4cc(C)c(C(C)=O)c(CCC)c4)c3)CC2)cc1. The summed E-state index contributed by atoms with van der Waals surface area (Å²) in [7, 11) is 3.44. The van der Waals surface area contributed by atoms with E-state index in [1.54, 1.807) is 21.1 Å². The van der Waals surface area contributed by atoms with Crippen LogP contribution < -0.4 is 19.1 Å². The van der Waals surface area contributed by atoms with Gasteiger partial charge in [0.05, 0.1) is 20.8 Å². The Labute approximate surface area is 348 Å². The van der Waals surface area contributed by atoms with Gasteiger partial charge < -0.3 is 19.1 Å². The number of likely N-dealkylation sites (tertiary alicyclic amines) is 1. The average molecular weight is 781 g/mol. The van der Waals surface area contributed by atoms with Crippen molar-refractivity contribution in [1.82, 2.24) is 4.90 Å². The van der Waals surface area contributed by atoms with E-state index in [4.69, 9.17) is 14.2 Å². The Morgan fingerprint density at radius 1 is 0.724 bits per heavy atom. The van der Waals surface area contributed by atoms with Crippen LogP contribution >= 0.6 is 0 Å². The molecule has 1 aliphatic heterocycles. The Bertz CT molecular complexity index is 2120. The van der Waals surface area contributed by atoms with Gasteiger partial charge in [-0.25, -0.2) is 0 Å². The average Bonchev–Trinajstić information content (AvgIpc) is 3.23. The molecule has 1 saturated heterocycles. The van der Waals surface area contributed by atoms with Crippen LogP contribution in [-0.2, 0) is 25.9 Å². The quantitative estimate of drug-likeness (QED) is 0.0614. The van der Waals surface area contributed by atoms with Crippen molar-refractivity contribution in [2.45, 2.75) is 105 Å².